The van der Waals surface area contributed by atoms with Crippen LogP contribution in [0.3, 0.4) is 0 Å². The fourth-order valence-corrected chi connectivity index (χ4v) is 2.48. The van der Waals surface area contributed by atoms with E-state index in [0.29, 0.717) is 33.7 Å². The van der Waals surface area contributed by atoms with Crippen molar-refractivity contribution >= 4 is 41.1 Å². The van der Waals surface area contributed by atoms with Gasteiger partial charge in [0.05, 0.1) is 34.1 Å². The molecule has 0 aliphatic carbocycles. The van der Waals surface area contributed by atoms with Crippen molar-refractivity contribution in [2.75, 3.05) is 12.0 Å². The molecule has 0 aliphatic heterocycles. The van der Waals surface area contributed by atoms with Gasteiger partial charge in [-0.3, -0.25) is 5.43 Å². The predicted molar refractivity (Wildman–Crippen MR) is 96.9 cm³/mol. The lowest BCUT2D eigenvalue weighted by molar-refractivity contribution is 0.0697. The van der Waals surface area contributed by atoms with E-state index < -0.39 is 5.97 Å². The quantitative estimate of drug-likeness (QED) is 0.538. The van der Waals surface area contributed by atoms with E-state index in [-0.39, 0.29) is 5.56 Å². The number of anilines is 1. The van der Waals surface area contributed by atoms with Crippen molar-refractivity contribution in [2.45, 2.75) is 13.3 Å². The zero-order valence-electron chi connectivity index (χ0n) is 12.9. The molecule has 2 aromatic rings. The number of nitrogens with one attached hydrogen (secondary N) is 1. The van der Waals surface area contributed by atoms with Crippen LogP contribution in [0.25, 0.3) is 0 Å². The molecular weight excluding hydrogens is 351 g/mol. The summed E-state index contributed by atoms with van der Waals surface area (Å²) in [7, 11) is 0. The summed E-state index contributed by atoms with van der Waals surface area (Å²) in [4.78, 5) is 10.8. The summed E-state index contributed by atoms with van der Waals surface area (Å²) < 4.78 is 5.50. The lowest BCUT2D eigenvalue weighted by atomic mass is 10.2. The van der Waals surface area contributed by atoms with Gasteiger partial charge in [-0.2, -0.15) is 5.10 Å². The average Bonchev–Trinajstić information content (AvgIpc) is 2.54. The highest BCUT2D eigenvalue weighted by Crippen LogP contribution is 2.33. The van der Waals surface area contributed by atoms with Crippen molar-refractivity contribution in [3.05, 3.63) is 57.6 Å². The van der Waals surface area contributed by atoms with Crippen molar-refractivity contribution in [3.63, 3.8) is 0 Å². The van der Waals surface area contributed by atoms with Crippen LogP contribution in [0.5, 0.6) is 5.75 Å². The second-order valence-electron chi connectivity index (χ2n) is 4.91. The van der Waals surface area contributed by atoms with Crippen LogP contribution in [0.1, 0.15) is 29.3 Å². The second-order valence-corrected chi connectivity index (χ2v) is 5.73. The SMILES string of the molecule is CCCOc1c(Cl)cc(C=NNc2ccc(C(=O)O)cc2)cc1Cl. The standard InChI is InChI=1S/C17H16Cl2N2O3/c1-2-7-24-16-14(18)8-11(9-15(16)19)10-20-21-13-5-3-12(4-6-13)17(22)23/h3-6,8-10,21H,2,7H2,1H3,(H,22,23). The predicted octanol–water partition coefficient (Wildman–Crippen LogP) is 4.93. The van der Waals surface area contributed by atoms with Crippen LogP contribution in [0, 0.1) is 0 Å². The molecule has 2 rings (SSSR count). The van der Waals surface area contributed by atoms with E-state index >= 15 is 0 Å². The lowest BCUT2D eigenvalue weighted by Gasteiger charge is -2.09. The van der Waals surface area contributed by atoms with E-state index in [1.165, 1.54) is 12.1 Å². The van der Waals surface area contributed by atoms with Gasteiger partial charge in [-0.05, 0) is 48.4 Å². The molecule has 24 heavy (non-hydrogen) atoms. The normalized spacial score (nSPS) is 10.8. The molecule has 0 radical (unpaired) electrons. The van der Waals surface area contributed by atoms with Crippen LogP contribution >= 0.6 is 23.2 Å². The summed E-state index contributed by atoms with van der Waals surface area (Å²) in [5.41, 5.74) is 4.39. The molecule has 0 atom stereocenters. The second kappa shape index (κ2) is 8.57. The molecule has 0 fully saturated rings. The number of ether oxygens (including phenoxy) is 1. The molecule has 0 amide bonds. The molecule has 5 nitrogen and oxygen atoms in total. The molecule has 0 spiro atoms. The van der Waals surface area contributed by atoms with Gasteiger partial charge < -0.3 is 9.84 Å². The highest BCUT2D eigenvalue weighted by molar-refractivity contribution is 6.37. The average molecular weight is 367 g/mol. The number of carboxylic acids is 1. The Kier molecular flexibility index (Phi) is 6.46. The van der Waals surface area contributed by atoms with Gasteiger partial charge in [0.2, 0.25) is 0 Å². The topological polar surface area (TPSA) is 70.9 Å². The van der Waals surface area contributed by atoms with Gasteiger partial charge in [-0.1, -0.05) is 30.1 Å². The molecule has 2 aromatic carbocycles. The van der Waals surface area contributed by atoms with Crippen LogP contribution in [0.15, 0.2) is 41.5 Å². The number of benzene rings is 2. The zero-order valence-corrected chi connectivity index (χ0v) is 14.4. The first-order valence-electron chi connectivity index (χ1n) is 7.25. The fraction of sp³-hybridized carbons (Fsp3) is 0.176. The molecular formula is C17H16Cl2N2O3. The lowest BCUT2D eigenvalue weighted by Crippen LogP contribution is -1.98. The number of hydrazone groups is 1. The number of carboxylic acid groups (broad SMARTS) is 1. The molecule has 7 heteroatoms. The first kappa shape index (κ1) is 18.1. The van der Waals surface area contributed by atoms with E-state index in [2.05, 4.69) is 10.5 Å². The number of carbonyl (C=O) groups is 1. The van der Waals surface area contributed by atoms with E-state index in [9.17, 15) is 4.79 Å². The van der Waals surface area contributed by atoms with Crippen molar-refractivity contribution in [1.29, 1.82) is 0 Å². The molecule has 0 saturated carbocycles. The molecule has 2 N–H and O–H groups in total. The number of nitrogens with zero attached hydrogens (tertiary/aromatic N) is 1. The third-order valence-corrected chi connectivity index (χ3v) is 3.57. The van der Waals surface area contributed by atoms with Gasteiger partial charge in [0, 0.05) is 0 Å². The molecule has 0 heterocycles. The van der Waals surface area contributed by atoms with Gasteiger partial charge >= 0.3 is 5.97 Å². The van der Waals surface area contributed by atoms with Gasteiger partial charge in [0.1, 0.15) is 0 Å². The largest absolute Gasteiger partial charge is 0.490 e. The summed E-state index contributed by atoms with van der Waals surface area (Å²) in [5, 5.41) is 13.8. The summed E-state index contributed by atoms with van der Waals surface area (Å²) in [6.45, 7) is 2.54. The minimum absolute atomic E-state index is 0.214. The molecule has 0 unspecified atom stereocenters. The third kappa shape index (κ3) is 4.88. The van der Waals surface area contributed by atoms with E-state index in [4.69, 9.17) is 33.0 Å². The van der Waals surface area contributed by atoms with Gasteiger partial charge in [0.15, 0.2) is 5.75 Å². The first-order chi connectivity index (χ1) is 11.5. The third-order valence-electron chi connectivity index (χ3n) is 3.01. The maximum atomic E-state index is 10.8. The summed E-state index contributed by atoms with van der Waals surface area (Å²) in [5.74, 6) is -0.505. The maximum absolute atomic E-state index is 10.8. The monoisotopic (exact) mass is 366 g/mol. The van der Waals surface area contributed by atoms with Crippen molar-refractivity contribution in [2.24, 2.45) is 5.10 Å². The smallest absolute Gasteiger partial charge is 0.335 e. The van der Waals surface area contributed by atoms with Crippen LogP contribution in [-0.2, 0) is 0 Å². The van der Waals surface area contributed by atoms with Crippen LogP contribution in [0.4, 0.5) is 5.69 Å². The minimum atomic E-state index is -0.972. The Bertz CT molecular complexity index is 723. The van der Waals surface area contributed by atoms with E-state index in [1.54, 1.807) is 30.5 Å². The number of halogens is 2. The van der Waals surface area contributed by atoms with Crippen molar-refractivity contribution in [3.8, 4) is 5.75 Å². The highest BCUT2D eigenvalue weighted by Gasteiger charge is 2.08. The highest BCUT2D eigenvalue weighted by atomic mass is 35.5. The molecule has 0 saturated heterocycles. The van der Waals surface area contributed by atoms with Crippen LogP contribution in [0.2, 0.25) is 10.0 Å². The molecule has 0 aromatic heterocycles. The van der Waals surface area contributed by atoms with Gasteiger partial charge in [0.25, 0.3) is 0 Å². The number of rotatable bonds is 7. The van der Waals surface area contributed by atoms with Gasteiger partial charge in [-0.25, -0.2) is 4.79 Å². The van der Waals surface area contributed by atoms with Crippen LogP contribution in [-0.4, -0.2) is 23.9 Å². The minimum Gasteiger partial charge on any atom is -0.490 e. The Morgan fingerprint density at radius 1 is 1.25 bits per heavy atom. The Hall–Kier alpha value is -2.24. The zero-order chi connectivity index (χ0) is 17.5. The van der Waals surface area contributed by atoms with Crippen molar-refractivity contribution < 1.29 is 14.6 Å². The fourth-order valence-electron chi connectivity index (χ4n) is 1.86. The molecule has 126 valence electrons. The van der Waals surface area contributed by atoms with Crippen molar-refractivity contribution in [1.82, 2.24) is 0 Å². The maximum Gasteiger partial charge on any atom is 0.335 e. The number of hydrogen-bond acceptors (Lipinski definition) is 4. The van der Waals surface area contributed by atoms with E-state index in [0.717, 1.165) is 6.42 Å². The summed E-state index contributed by atoms with van der Waals surface area (Å²) in [6, 6.07) is 9.65. The number of aromatic carboxylic acids is 1. The Morgan fingerprint density at radius 2 is 1.88 bits per heavy atom. The molecule has 0 aliphatic rings. The summed E-state index contributed by atoms with van der Waals surface area (Å²) in [6.07, 6.45) is 2.42. The van der Waals surface area contributed by atoms with Crippen LogP contribution < -0.4 is 10.2 Å². The van der Waals surface area contributed by atoms with E-state index in [1.807, 2.05) is 6.92 Å². The first-order valence-corrected chi connectivity index (χ1v) is 8.01. The van der Waals surface area contributed by atoms with Gasteiger partial charge in [-0.15, -0.1) is 0 Å². The Morgan fingerprint density at radius 3 is 2.42 bits per heavy atom. The Balaban J connectivity index is 2.05. The number of hydrogen-bond donors (Lipinski definition) is 2. The Labute approximate surface area is 149 Å². The summed E-state index contributed by atoms with van der Waals surface area (Å²) >= 11 is 12.3. The molecule has 0 bridgehead atoms.